The first-order valence-electron chi connectivity index (χ1n) is 7.60. The van der Waals surface area contributed by atoms with Gasteiger partial charge in [-0.1, -0.05) is 6.07 Å². The van der Waals surface area contributed by atoms with Crippen LogP contribution in [0.15, 0.2) is 18.2 Å². The van der Waals surface area contributed by atoms with Crippen LogP contribution in [0.3, 0.4) is 0 Å². The van der Waals surface area contributed by atoms with Gasteiger partial charge in [0, 0.05) is 6.61 Å². The van der Waals surface area contributed by atoms with E-state index in [4.69, 9.17) is 9.47 Å². The summed E-state index contributed by atoms with van der Waals surface area (Å²) < 4.78 is 10.8. The molecule has 1 aliphatic heterocycles. The number of hydrogen-bond donors (Lipinski definition) is 3. The Morgan fingerprint density at radius 3 is 2.87 bits per heavy atom. The molecule has 1 aromatic rings. The second-order valence-electron chi connectivity index (χ2n) is 5.57. The van der Waals surface area contributed by atoms with Crippen molar-refractivity contribution in [2.24, 2.45) is 0 Å². The van der Waals surface area contributed by atoms with Gasteiger partial charge < -0.3 is 14.6 Å². The van der Waals surface area contributed by atoms with Crippen molar-refractivity contribution in [3.8, 4) is 5.75 Å². The van der Waals surface area contributed by atoms with Gasteiger partial charge in [-0.2, -0.15) is 0 Å². The number of amides is 2. The summed E-state index contributed by atoms with van der Waals surface area (Å²) in [6.07, 6.45) is 1.25. The van der Waals surface area contributed by atoms with Crippen LogP contribution in [0, 0.1) is 6.92 Å². The van der Waals surface area contributed by atoms with Gasteiger partial charge in [0.15, 0.2) is 0 Å². The van der Waals surface area contributed by atoms with E-state index in [1.807, 2.05) is 0 Å². The Kier molecular flexibility index (Phi) is 5.95. The van der Waals surface area contributed by atoms with Crippen molar-refractivity contribution in [1.82, 2.24) is 10.9 Å². The Labute approximate surface area is 134 Å². The van der Waals surface area contributed by atoms with Crippen LogP contribution in [-0.2, 0) is 14.3 Å². The van der Waals surface area contributed by atoms with Crippen LogP contribution in [0.25, 0.3) is 0 Å². The van der Waals surface area contributed by atoms with Crippen LogP contribution in [0.5, 0.6) is 5.75 Å². The van der Waals surface area contributed by atoms with Gasteiger partial charge in [-0.3, -0.25) is 20.4 Å². The van der Waals surface area contributed by atoms with Crippen LogP contribution in [0.1, 0.15) is 35.7 Å². The highest BCUT2D eigenvalue weighted by Gasteiger charge is 2.20. The molecule has 126 valence electrons. The molecule has 0 aromatic heterocycles. The smallest absolute Gasteiger partial charge is 0.273 e. The maximum atomic E-state index is 11.9. The molecule has 3 N–H and O–H groups in total. The van der Waals surface area contributed by atoms with Gasteiger partial charge in [-0.25, -0.2) is 0 Å². The van der Waals surface area contributed by atoms with Gasteiger partial charge in [0.05, 0.1) is 18.3 Å². The fourth-order valence-corrected chi connectivity index (χ4v) is 2.22. The average Bonchev–Trinajstić information content (AvgIpc) is 3.03. The second kappa shape index (κ2) is 7.94. The lowest BCUT2D eigenvalue weighted by Gasteiger charge is -2.16. The first kappa shape index (κ1) is 17.2. The van der Waals surface area contributed by atoms with Crippen LogP contribution in [-0.4, -0.2) is 42.3 Å². The lowest BCUT2D eigenvalue weighted by molar-refractivity contribution is -0.134. The largest absolute Gasteiger partial charge is 0.507 e. The Morgan fingerprint density at radius 2 is 2.22 bits per heavy atom. The van der Waals surface area contributed by atoms with E-state index in [2.05, 4.69) is 10.9 Å². The summed E-state index contributed by atoms with van der Waals surface area (Å²) in [7, 11) is 0. The minimum atomic E-state index is -0.717. The molecule has 0 saturated carbocycles. The van der Waals surface area contributed by atoms with Gasteiger partial charge in [0.1, 0.15) is 11.9 Å². The van der Waals surface area contributed by atoms with Gasteiger partial charge in [-0.05, 0) is 44.4 Å². The number of aromatic hydroxyl groups is 1. The van der Waals surface area contributed by atoms with E-state index in [0.717, 1.165) is 25.0 Å². The number of hydrazine groups is 1. The number of aryl methyl sites for hydroxylation is 1. The maximum Gasteiger partial charge on any atom is 0.273 e. The number of ether oxygens (including phenoxy) is 2. The van der Waals surface area contributed by atoms with Crippen molar-refractivity contribution >= 4 is 11.8 Å². The molecule has 0 bridgehead atoms. The summed E-state index contributed by atoms with van der Waals surface area (Å²) in [5.41, 5.74) is 5.46. The Bertz CT molecular complexity index is 570. The van der Waals surface area contributed by atoms with Crippen molar-refractivity contribution < 1.29 is 24.2 Å². The van der Waals surface area contributed by atoms with Crippen LogP contribution in [0.4, 0.5) is 0 Å². The first-order valence-corrected chi connectivity index (χ1v) is 7.60. The van der Waals surface area contributed by atoms with Crippen LogP contribution >= 0.6 is 0 Å². The molecule has 7 heteroatoms. The zero-order valence-electron chi connectivity index (χ0n) is 13.3. The molecule has 1 saturated heterocycles. The molecule has 1 fully saturated rings. The fourth-order valence-electron chi connectivity index (χ4n) is 2.22. The van der Waals surface area contributed by atoms with E-state index in [9.17, 15) is 14.7 Å². The van der Waals surface area contributed by atoms with E-state index in [-0.39, 0.29) is 17.4 Å². The molecule has 7 nitrogen and oxygen atoms in total. The van der Waals surface area contributed by atoms with Crippen molar-refractivity contribution in [3.05, 3.63) is 29.3 Å². The third-order valence-corrected chi connectivity index (χ3v) is 3.62. The molecule has 2 unspecified atom stereocenters. The summed E-state index contributed by atoms with van der Waals surface area (Å²) >= 11 is 0. The highest BCUT2D eigenvalue weighted by molar-refractivity contribution is 5.98. The number of carbonyl (C=O) groups excluding carboxylic acids is 2. The van der Waals surface area contributed by atoms with Crippen molar-refractivity contribution in [1.29, 1.82) is 0 Å². The minimum Gasteiger partial charge on any atom is -0.507 e. The molecule has 1 heterocycles. The Hall–Kier alpha value is -2.12. The molecule has 1 aliphatic rings. The van der Waals surface area contributed by atoms with E-state index in [0.29, 0.717) is 6.61 Å². The molecule has 23 heavy (non-hydrogen) atoms. The van der Waals surface area contributed by atoms with Crippen molar-refractivity contribution in [2.45, 2.75) is 38.9 Å². The third-order valence-electron chi connectivity index (χ3n) is 3.62. The second-order valence-corrected chi connectivity index (χ2v) is 5.57. The number of nitrogens with one attached hydrogen (secondary N) is 2. The zero-order valence-corrected chi connectivity index (χ0v) is 13.3. The highest BCUT2D eigenvalue weighted by Crippen LogP contribution is 2.17. The van der Waals surface area contributed by atoms with Gasteiger partial charge >= 0.3 is 0 Å². The Balaban J connectivity index is 1.77. The van der Waals surface area contributed by atoms with E-state index in [1.54, 1.807) is 19.9 Å². The van der Waals surface area contributed by atoms with Gasteiger partial charge in [0.25, 0.3) is 11.8 Å². The summed E-state index contributed by atoms with van der Waals surface area (Å²) in [5, 5.41) is 9.73. The molecule has 2 amide bonds. The Morgan fingerprint density at radius 1 is 1.43 bits per heavy atom. The molecule has 2 rings (SSSR count). The number of phenols is 1. The normalized spacial score (nSPS) is 18.4. The topological polar surface area (TPSA) is 96.9 Å². The molecule has 2 atom stereocenters. The van der Waals surface area contributed by atoms with E-state index >= 15 is 0 Å². The molecule has 0 spiro atoms. The summed E-state index contributed by atoms with van der Waals surface area (Å²) in [5.74, 6) is -1.20. The van der Waals surface area contributed by atoms with Gasteiger partial charge in [0.2, 0.25) is 0 Å². The zero-order chi connectivity index (χ0) is 16.8. The van der Waals surface area contributed by atoms with E-state index < -0.39 is 17.9 Å². The highest BCUT2D eigenvalue weighted by atomic mass is 16.5. The molecule has 0 radical (unpaired) electrons. The maximum absolute atomic E-state index is 11.9. The first-order chi connectivity index (χ1) is 11.0. The SMILES string of the molecule is Cc1ccc(C(=O)NNC(=O)C(C)OCC2CCCO2)c(O)c1. The lowest BCUT2D eigenvalue weighted by atomic mass is 10.1. The van der Waals surface area contributed by atoms with Gasteiger partial charge in [-0.15, -0.1) is 0 Å². The number of rotatable bonds is 5. The monoisotopic (exact) mass is 322 g/mol. The predicted octanol–water partition coefficient (Wildman–Crippen LogP) is 1.05. The molecular formula is C16H22N2O5. The quantitative estimate of drug-likeness (QED) is 0.704. The fraction of sp³-hybridized carbons (Fsp3) is 0.500. The standard InChI is InChI=1S/C16H22N2O5/c1-10-5-6-13(14(19)8-10)16(21)18-17-15(20)11(2)23-9-12-4-3-7-22-12/h5-6,8,11-12,19H,3-4,7,9H2,1-2H3,(H,17,20)(H,18,21). The number of carbonyl (C=O) groups is 2. The number of hydrogen-bond acceptors (Lipinski definition) is 5. The van der Waals surface area contributed by atoms with Crippen molar-refractivity contribution in [2.75, 3.05) is 13.2 Å². The average molecular weight is 322 g/mol. The summed E-state index contributed by atoms with van der Waals surface area (Å²) in [4.78, 5) is 23.8. The predicted molar refractivity (Wildman–Crippen MR) is 82.8 cm³/mol. The minimum absolute atomic E-state index is 0.0318. The summed E-state index contributed by atoms with van der Waals surface area (Å²) in [6, 6.07) is 4.66. The molecule has 0 aliphatic carbocycles. The number of phenolic OH excluding ortho intramolecular Hbond substituents is 1. The van der Waals surface area contributed by atoms with Crippen molar-refractivity contribution in [3.63, 3.8) is 0 Å². The van der Waals surface area contributed by atoms with Crippen LogP contribution in [0.2, 0.25) is 0 Å². The lowest BCUT2D eigenvalue weighted by Crippen LogP contribution is -2.46. The summed E-state index contributed by atoms with van der Waals surface area (Å²) in [6.45, 7) is 4.47. The molecular weight excluding hydrogens is 300 g/mol. The van der Waals surface area contributed by atoms with E-state index in [1.165, 1.54) is 12.1 Å². The van der Waals surface area contributed by atoms with Crippen LogP contribution < -0.4 is 10.9 Å². The molecule has 1 aromatic carbocycles. The number of benzene rings is 1. The third kappa shape index (κ3) is 4.94.